The molecule has 0 aliphatic carbocycles. The van der Waals surface area contributed by atoms with Crippen LogP contribution in [0.25, 0.3) is 0 Å². The van der Waals surface area contributed by atoms with E-state index in [1.165, 1.54) is 12.7 Å². The molecule has 0 aliphatic rings. The van der Waals surface area contributed by atoms with E-state index in [0.717, 1.165) is 4.90 Å². The topological polar surface area (TPSA) is 29.5 Å². The van der Waals surface area contributed by atoms with E-state index >= 15 is 0 Å². The van der Waals surface area contributed by atoms with Crippen molar-refractivity contribution < 1.29 is 8.74 Å². The number of hydrogen-bond donors (Lipinski definition) is 1. The molecule has 2 nitrogen and oxygen atoms in total. The molecule has 1 rings (SSSR count). The van der Waals surface area contributed by atoms with Crippen LogP contribution < -0.4 is 0 Å². The van der Waals surface area contributed by atoms with Crippen molar-refractivity contribution in [3.63, 3.8) is 0 Å². The minimum Gasteiger partial charge on any atom is -0.295 e. The summed E-state index contributed by atoms with van der Waals surface area (Å²) in [5.74, 6) is 0. The van der Waals surface area contributed by atoms with Gasteiger partial charge in [-0.05, 0) is 19.1 Å². The lowest BCUT2D eigenvalue weighted by atomic mass is 10.2. The van der Waals surface area contributed by atoms with Crippen LogP contribution in [0, 0.1) is 6.92 Å². The molecule has 1 aromatic rings. The van der Waals surface area contributed by atoms with Crippen LogP contribution in [0.2, 0.25) is 0 Å². The first-order valence-corrected chi connectivity index (χ1v) is 5.61. The fourth-order valence-electron chi connectivity index (χ4n) is 0.887. The lowest BCUT2D eigenvalue weighted by Gasteiger charge is -2.32. The molecule has 1 atom stereocenters. The van der Waals surface area contributed by atoms with Gasteiger partial charge in [-0.25, -0.2) is 0 Å². The van der Waals surface area contributed by atoms with Crippen LogP contribution in [-0.4, -0.2) is 17.9 Å². The van der Waals surface area contributed by atoms with Gasteiger partial charge in [0.15, 0.2) is 0 Å². The van der Waals surface area contributed by atoms with Crippen molar-refractivity contribution >= 4 is 10.6 Å². The van der Waals surface area contributed by atoms with Gasteiger partial charge in [-0.2, -0.15) is 10.6 Å². The highest BCUT2D eigenvalue weighted by Crippen LogP contribution is 2.48. The van der Waals surface area contributed by atoms with Crippen molar-refractivity contribution in [2.24, 2.45) is 0 Å². The maximum atomic E-state index is 9.75. The number of benzene rings is 1. The normalized spacial score (nSPS) is 18.3. The van der Waals surface area contributed by atoms with E-state index in [0.29, 0.717) is 0 Å². The van der Waals surface area contributed by atoms with Crippen LogP contribution in [0.3, 0.4) is 0 Å². The third-order valence-corrected chi connectivity index (χ3v) is 3.58. The fourth-order valence-corrected chi connectivity index (χ4v) is 1.72. The Bertz CT molecular complexity index is 254. The van der Waals surface area contributed by atoms with E-state index in [-0.39, 0.29) is 0 Å². The van der Waals surface area contributed by atoms with Crippen molar-refractivity contribution in [1.29, 1.82) is 0 Å². The maximum Gasteiger partial charge on any atom is 0.0608 e. The Morgan fingerprint density at radius 3 is 2.17 bits per heavy atom. The Hall–Kier alpha value is -0.510. The average molecular weight is 186 g/mol. The third kappa shape index (κ3) is 2.00. The molecule has 12 heavy (non-hydrogen) atoms. The first-order valence-electron chi connectivity index (χ1n) is 3.69. The van der Waals surface area contributed by atoms with Gasteiger partial charge in [-0.1, -0.05) is 17.7 Å². The van der Waals surface area contributed by atoms with Gasteiger partial charge in [-0.3, -0.25) is 8.74 Å². The Labute approximate surface area is 74.9 Å². The zero-order chi connectivity index (χ0) is 9.19. The second kappa shape index (κ2) is 3.47. The molecule has 0 spiro atoms. The van der Waals surface area contributed by atoms with Crippen LogP contribution in [0.4, 0.5) is 0 Å². The molecule has 0 saturated heterocycles. The van der Waals surface area contributed by atoms with Crippen molar-refractivity contribution in [2.75, 3.05) is 13.4 Å². The fraction of sp³-hybridized carbons (Fsp3) is 0.333. The van der Waals surface area contributed by atoms with Gasteiger partial charge < -0.3 is 0 Å². The molecule has 0 saturated carbocycles. The molecule has 0 aliphatic heterocycles. The van der Waals surface area contributed by atoms with Gasteiger partial charge in [0.1, 0.15) is 0 Å². The molecule has 1 aromatic carbocycles. The predicted molar refractivity (Wildman–Crippen MR) is 52.6 cm³/mol. The first kappa shape index (κ1) is 9.58. The standard InChI is InChI=1S/C9H14O2S/c1-8-4-6-9(7-5-8)12(3,10)11-2/h4-7,10H,1-3H3. The Balaban J connectivity index is 2.96. The monoisotopic (exact) mass is 186 g/mol. The zero-order valence-corrected chi connectivity index (χ0v) is 8.39. The van der Waals surface area contributed by atoms with E-state index in [1.54, 1.807) is 6.26 Å². The van der Waals surface area contributed by atoms with E-state index in [9.17, 15) is 4.55 Å². The van der Waals surface area contributed by atoms with Crippen LogP contribution in [-0.2, 0) is 4.18 Å². The summed E-state index contributed by atoms with van der Waals surface area (Å²) in [6.45, 7) is 2.01. The Morgan fingerprint density at radius 1 is 1.25 bits per heavy atom. The lowest BCUT2D eigenvalue weighted by molar-refractivity contribution is 0.401. The highest BCUT2D eigenvalue weighted by atomic mass is 32.3. The maximum absolute atomic E-state index is 9.75. The largest absolute Gasteiger partial charge is 0.295 e. The molecule has 1 N–H and O–H groups in total. The Kier molecular flexibility index (Phi) is 2.77. The smallest absolute Gasteiger partial charge is 0.0608 e. The summed E-state index contributed by atoms with van der Waals surface area (Å²) in [6, 6.07) is 7.73. The first-order chi connectivity index (χ1) is 5.56. The third-order valence-electron chi connectivity index (χ3n) is 1.78. The molecule has 0 fully saturated rings. The van der Waals surface area contributed by atoms with Gasteiger partial charge in [0.05, 0.1) is 12.0 Å². The van der Waals surface area contributed by atoms with Crippen molar-refractivity contribution in [3.05, 3.63) is 29.8 Å². The summed E-state index contributed by atoms with van der Waals surface area (Å²) < 4.78 is 14.7. The summed E-state index contributed by atoms with van der Waals surface area (Å²) >= 11 is 0. The van der Waals surface area contributed by atoms with Gasteiger partial charge >= 0.3 is 0 Å². The number of rotatable bonds is 2. The van der Waals surface area contributed by atoms with Crippen molar-refractivity contribution in [2.45, 2.75) is 11.8 Å². The molecule has 68 valence electrons. The van der Waals surface area contributed by atoms with Crippen LogP contribution in [0.15, 0.2) is 29.2 Å². The van der Waals surface area contributed by atoms with Gasteiger partial charge in [-0.15, -0.1) is 0 Å². The molecule has 3 heteroatoms. The van der Waals surface area contributed by atoms with Gasteiger partial charge in [0.25, 0.3) is 0 Å². The second-order valence-electron chi connectivity index (χ2n) is 2.78. The molecule has 0 bridgehead atoms. The summed E-state index contributed by atoms with van der Waals surface area (Å²) in [4.78, 5) is 0.857. The highest BCUT2D eigenvalue weighted by molar-refractivity contribution is 8.24. The molecule has 0 heterocycles. The van der Waals surface area contributed by atoms with E-state index < -0.39 is 10.6 Å². The van der Waals surface area contributed by atoms with E-state index in [1.807, 2.05) is 31.2 Å². The Morgan fingerprint density at radius 2 is 1.75 bits per heavy atom. The van der Waals surface area contributed by atoms with Gasteiger partial charge in [0.2, 0.25) is 0 Å². The lowest BCUT2D eigenvalue weighted by Crippen LogP contribution is -1.98. The second-order valence-corrected chi connectivity index (χ2v) is 5.19. The highest BCUT2D eigenvalue weighted by Gasteiger charge is 2.10. The van der Waals surface area contributed by atoms with Crippen molar-refractivity contribution in [1.82, 2.24) is 0 Å². The van der Waals surface area contributed by atoms with Crippen LogP contribution >= 0.6 is 10.6 Å². The van der Waals surface area contributed by atoms with Gasteiger partial charge in [0, 0.05) is 6.26 Å². The number of aryl methyl sites for hydroxylation is 1. The molecule has 0 radical (unpaired) electrons. The minimum atomic E-state index is -2.01. The van der Waals surface area contributed by atoms with Crippen LogP contribution in [0.5, 0.6) is 0 Å². The summed E-state index contributed by atoms with van der Waals surface area (Å²) in [7, 11) is -0.492. The quantitative estimate of drug-likeness (QED) is 0.769. The van der Waals surface area contributed by atoms with Crippen LogP contribution in [0.1, 0.15) is 5.56 Å². The number of hydrogen-bond acceptors (Lipinski definition) is 2. The molecule has 0 amide bonds. The summed E-state index contributed by atoms with van der Waals surface area (Å²) in [5.41, 5.74) is 1.19. The predicted octanol–water partition coefficient (Wildman–Crippen LogP) is 2.82. The summed E-state index contributed by atoms with van der Waals surface area (Å²) in [5, 5.41) is 0. The SMILES string of the molecule is COS(C)(O)c1ccc(C)cc1. The van der Waals surface area contributed by atoms with Crippen molar-refractivity contribution in [3.8, 4) is 0 Å². The minimum absolute atomic E-state index is 0.857. The molecular formula is C9H14O2S. The van der Waals surface area contributed by atoms with E-state index in [2.05, 4.69) is 0 Å². The van der Waals surface area contributed by atoms with E-state index in [4.69, 9.17) is 4.18 Å². The molecular weight excluding hydrogens is 172 g/mol. The summed E-state index contributed by atoms with van der Waals surface area (Å²) in [6.07, 6.45) is 1.71. The zero-order valence-electron chi connectivity index (χ0n) is 7.57. The molecule has 1 unspecified atom stereocenters. The molecule has 0 aromatic heterocycles. The average Bonchev–Trinajstić information content (AvgIpc) is 2.05.